The summed E-state index contributed by atoms with van der Waals surface area (Å²) in [4.78, 5) is 16.0. The van der Waals surface area contributed by atoms with Gasteiger partial charge in [-0.2, -0.15) is 15.2 Å². The smallest absolute Gasteiger partial charge is 0.319 e. The van der Waals surface area contributed by atoms with Gasteiger partial charge < -0.3 is 16.2 Å². The molecule has 1 aromatic carbocycles. The number of aromatic nitrogens is 3. The van der Waals surface area contributed by atoms with Gasteiger partial charge in [0, 0.05) is 16.9 Å². The zero-order chi connectivity index (χ0) is 33.0. The summed E-state index contributed by atoms with van der Waals surface area (Å²) < 4.78 is 67.2. The van der Waals surface area contributed by atoms with Crippen LogP contribution in [-0.4, -0.2) is 57.7 Å². The Bertz CT molecular complexity index is 1890. The molecule has 9 nitrogen and oxygen atoms in total. The third kappa shape index (κ3) is 5.62. The van der Waals surface area contributed by atoms with E-state index in [0.29, 0.717) is 18.7 Å². The van der Waals surface area contributed by atoms with Gasteiger partial charge in [-0.3, -0.25) is 10.2 Å². The third-order valence-corrected chi connectivity index (χ3v) is 11.2. The predicted octanol–water partition coefficient (Wildman–Crippen LogP) is 6.39. The fourth-order valence-corrected chi connectivity index (χ4v) is 8.83. The van der Waals surface area contributed by atoms with Crippen molar-refractivity contribution in [2.24, 2.45) is 11.8 Å². The average Bonchev–Trinajstić information content (AvgIpc) is 3.69. The van der Waals surface area contributed by atoms with Crippen LogP contribution in [0.5, 0.6) is 6.01 Å². The number of alkyl halides is 2. The number of ether oxygens (including phenoxy) is 1. The lowest BCUT2D eigenvalue weighted by Crippen LogP contribution is -2.43. The number of nitrogens with zero attached hydrogens (tertiary/aromatic N) is 5. The summed E-state index contributed by atoms with van der Waals surface area (Å²) in [5.41, 5.74) is 12.6. The maximum absolute atomic E-state index is 16.7. The Morgan fingerprint density at radius 1 is 1.11 bits per heavy atom. The Morgan fingerprint density at radius 2 is 1.87 bits per heavy atom. The molecule has 0 saturated carbocycles. The third-order valence-electron chi connectivity index (χ3n) is 10.2. The molecular weight excluding hydrogens is 632 g/mol. The van der Waals surface area contributed by atoms with Gasteiger partial charge in [-0.05, 0) is 82.5 Å². The number of nitrogens with one attached hydrogen (secondary N) is 1. The minimum atomic E-state index is -1.58. The molecule has 3 fully saturated rings. The number of nitrogen functional groups attached to an aromatic ring is 2. The monoisotopic (exact) mass is 668 g/mol. The van der Waals surface area contributed by atoms with E-state index in [2.05, 4.69) is 25.2 Å². The number of anilines is 2. The van der Waals surface area contributed by atoms with Crippen molar-refractivity contribution in [1.82, 2.24) is 25.2 Å². The molecule has 0 bridgehead atoms. The molecule has 4 aromatic rings. The molecule has 0 amide bonds. The fourth-order valence-electron chi connectivity index (χ4n) is 7.88. The maximum atomic E-state index is 16.7. The second-order valence-corrected chi connectivity index (χ2v) is 14.3. The summed E-state index contributed by atoms with van der Waals surface area (Å²) in [5, 5.41) is 12.7. The number of nitrogens with two attached hydrogens (primary N) is 2. The van der Waals surface area contributed by atoms with E-state index in [1.807, 2.05) is 13.0 Å². The van der Waals surface area contributed by atoms with Crippen molar-refractivity contribution in [3.63, 3.8) is 0 Å². The molecule has 7 rings (SSSR count). The molecule has 0 spiro atoms. The zero-order valence-corrected chi connectivity index (χ0v) is 26.8. The summed E-state index contributed by atoms with van der Waals surface area (Å²) >= 11 is 0.896. The van der Waals surface area contributed by atoms with E-state index < -0.39 is 30.1 Å². The summed E-state index contributed by atoms with van der Waals surface area (Å²) in [6.07, 6.45) is 2.14. The van der Waals surface area contributed by atoms with Crippen molar-refractivity contribution >= 4 is 43.1 Å². The topological polar surface area (TPSA) is 139 Å². The van der Waals surface area contributed by atoms with Gasteiger partial charge >= 0.3 is 6.01 Å². The molecule has 3 aliphatic heterocycles. The van der Waals surface area contributed by atoms with Crippen molar-refractivity contribution in [2.45, 2.75) is 76.4 Å². The van der Waals surface area contributed by atoms with E-state index in [0.717, 1.165) is 50.1 Å². The Morgan fingerprint density at radius 3 is 2.62 bits per heavy atom. The Hall–Kier alpha value is -3.80. The van der Waals surface area contributed by atoms with Gasteiger partial charge in [-0.25, -0.2) is 22.5 Å². The second kappa shape index (κ2) is 12.3. The van der Waals surface area contributed by atoms with Gasteiger partial charge in [-0.1, -0.05) is 6.92 Å². The normalized spacial score (nSPS) is 24.4. The number of nitriles is 1. The molecule has 3 aromatic heterocycles. The number of pyridine rings is 1. The van der Waals surface area contributed by atoms with Crippen LogP contribution in [0.3, 0.4) is 0 Å². The highest BCUT2D eigenvalue weighted by molar-refractivity contribution is 7.23. The number of aryl methyl sites for hydroxylation is 1. The number of hydrogen-bond donors (Lipinski definition) is 3. The lowest BCUT2D eigenvalue weighted by atomic mass is 9.90. The van der Waals surface area contributed by atoms with E-state index in [9.17, 15) is 14.0 Å². The molecule has 248 valence electrons. The minimum absolute atomic E-state index is 0.0186. The van der Waals surface area contributed by atoms with Crippen molar-refractivity contribution in [1.29, 1.82) is 5.26 Å². The van der Waals surface area contributed by atoms with Gasteiger partial charge in [0.25, 0.3) is 0 Å². The summed E-state index contributed by atoms with van der Waals surface area (Å²) in [7, 11) is 0. The second-order valence-electron chi connectivity index (χ2n) is 13.2. The van der Waals surface area contributed by atoms with Crippen LogP contribution in [0, 0.1) is 34.8 Å². The zero-order valence-electron chi connectivity index (χ0n) is 26.0. The predicted molar refractivity (Wildman–Crippen MR) is 173 cm³/mol. The van der Waals surface area contributed by atoms with Crippen molar-refractivity contribution < 1.29 is 22.3 Å². The number of benzene rings is 1. The molecule has 3 aliphatic rings. The van der Waals surface area contributed by atoms with Crippen molar-refractivity contribution in [2.75, 3.05) is 31.2 Å². The van der Waals surface area contributed by atoms with E-state index in [-0.39, 0.29) is 85.4 Å². The van der Waals surface area contributed by atoms with E-state index >= 15 is 8.78 Å². The molecule has 4 atom stereocenters. The van der Waals surface area contributed by atoms with Crippen LogP contribution in [0.25, 0.3) is 32.2 Å². The van der Waals surface area contributed by atoms with Gasteiger partial charge in [-0.15, -0.1) is 11.3 Å². The van der Waals surface area contributed by atoms with Gasteiger partial charge in [0.15, 0.2) is 18.4 Å². The molecule has 4 unspecified atom stereocenters. The highest BCUT2D eigenvalue weighted by Crippen LogP contribution is 2.43. The summed E-state index contributed by atoms with van der Waals surface area (Å²) in [6, 6.07) is 4.47. The number of rotatable bonds is 7. The van der Waals surface area contributed by atoms with Gasteiger partial charge in [0.05, 0.1) is 26.9 Å². The maximum Gasteiger partial charge on any atom is 0.319 e. The van der Waals surface area contributed by atoms with E-state index in [4.69, 9.17) is 16.2 Å². The first-order valence-corrected chi connectivity index (χ1v) is 16.9. The molecule has 5 N–H and O–H groups in total. The molecule has 0 radical (unpaired) electrons. The van der Waals surface area contributed by atoms with Crippen LogP contribution in [0.15, 0.2) is 12.1 Å². The molecule has 14 heteroatoms. The molecule has 0 aliphatic carbocycles. The Balaban J connectivity index is 1.34. The van der Waals surface area contributed by atoms with E-state index in [1.165, 1.54) is 12.1 Å². The quantitative estimate of drug-likeness (QED) is 0.151. The first-order chi connectivity index (χ1) is 22.6. The minimum Gasteiger partial charge on any atom is -0.461 e. The van der Waals surface area contributed by atoms with Crippen LogP contribution < -0.4 is 21.5 Å². The van der Waals surface area contributed by atoms with Crippen LogP contribution in [-0.2, 0) is 6.42 Å². The van der Waals surface area contributed by atoms with Crippen molar-refractivity contribution in [3.8, 4) is 23.3 Å². The summed E-state index contributed by atoms with van der Waals surface area (Å²) in [6.45, 7) is 4.22. The first-order valence-electron chi connectivity index (χ1n) is 16.1. The van der Waals surface area contributed by atoms with Crippen LogP contribution in [0.1, 0.15) is 63.1 Å². The highest BCUT2D eigenvalue weighted by atomic mass is 32.1. The number of halogens is 4. The highest BCUT2D eigenvalue weighted by Gasteiger charge is 2.45. The summed E-state index contributed by atoms with van der Waals surface area (Å²) in [5.74, 6) is -2.09. The van der Waals surface area contributed by atoms with Crippen molar-refractivity contribution in [3.05, 3.63) is 35.0 Å². The fraction of sp³-hybridized carbons (Fsp3) is 0.515. The number of hydrogen-bond acceptors (Lipinski definition) is 10. The van der Waals surface area contributed by atoms with Crippen LogP contribution >= 0.6 is 11.3 Å². The molecular formula is C33H36F4N8OS. The number of thiophene rings is 1. The Labute approximate surface area is 273 Å². The van der Waals surface area contributed by atoms with E-state index in [1.54, 1.807) is 0 Å². The van der Waals surface area contributed by atoms with Crippen LogP contribution in [0.2, 0.25) is 0 Å². The number of fused-ring (bicyclic) bond motifs is 3. The largest absolute Gasteiger partial charge is 0.461 e. The standard InChI is InChI=1S/C33H36F4N8OS/c1-16-12-17(29(37)42-22(35)13-16)4-7-21-24-27(43-32(44-30(24)39)46-15-33-8-2-10-45(33)11-3-9-33)25(36)26(41-21)18-5-6-20(34)28-23(18)19(14-38)31(40)47-28/h5-6,16-17,22,29,42H,2-4,7-13,15,40H2,1H3,(H2,39,43,44). The molecule has 47 heavy (non-hydrogen) atoms. The average molecular weight is 669 g/mol. The molecule has 3 saturated heterocycles. The van der Waals surface area contributed by atoms with Gasteiger partial charge in [0.1, 0.15) is 40.5 Å². The lowest BCUT2D eigenvalue weighted by Gasteiger charge is -2.31. The SMILES string of the molecule is CC1CC(F)NC(F)C(CCc2nc(-c3ccc(F)c4sc(N)c(C#N)c34)c(F)c3nc(OCC45CCCN4CCC5)nc(N)c23)C1. The van der Waals surface area contributed by atoms with Gasteiger partial charge in [0.2, 0.25) is 0 Å². The molecule has 6 heterocycles. The lowest BCUT2D eigenvalue weighted by molar-refractivity contribution is 0.108. The Kier molecular flexibility index (Phi) is 8.34. The first kappa shape index (κ1) is 31.8. The van der Waals surface area contributed by atoms with Crippen LogP contribution in [0.4, 0.5) is 28.4 Å².